The lowest BCUT2D eigenvalue weighted by atomic mass is 10.0. The second-order valence-electron chi connectivity index (χ2n) is 4.00. The molecule has 0 spiro atoms. The van der Waals surface area contributed by atoms with Crippen LogP contribution in [-0.2, 0) is 0 Å². The lowest BCUT2D eigenvalue weighted by Crippen LogP contribution is -2.04. The molecule has 0 fully saturated rings. The number of ether oxygens (including phenoxy) is 2. The summed E-state index contributed by atoms with van der Waals surface area (Å²) in [5.41, 5.74) is 0.915. The molecule has 2 aromatic carbocycles. The number of hydrogen-bond donors (Lipinski definition) is 0. The van der Waals surface area contributed by atoms with Gasteiger partial charge in [-0.1, -0.05) is 39.7 Å². The van der Waals surface area contributed by atoms with Crippen LogP contribution in [0.1, 0.15) is 15.9 Å². The van der Waals surface area contributed by atoms with Crippen LogP contribution in [0.4, 0.5) is 0 Å². The fourth-order valence-electron chi connectivity index (χ4n) is 1.82. The molecule has 5 heteroatoms. The number of carbonyl (C=O) groups excluding carboxylic acids is 1. The molecule has 0 aliphatic rings. The van der Waals surface area contributed by atoms with Gasteiger partial charge in [0.2, 0.25) is 0 Å². The van der Waals surface area contributed by atoms with Gasteiger partial charge in [-0.2, -0.15) is 0 Å². The van der Waals surface area contributed by atoms with Crippen molar-refractivity contribution in [1.82, 2.24) is 0 Å². The van der Waals surface area contributed by atoms with Crippen molar-refractivity contribution in [1.29, 1.82) is 0 Å². The first kappa shape index (κ1) is 14.9. The van der Waals surface area contributed by atoms with Gasteiger partial charge in [-0.05, 0) is 18.2 Å². The first-order chi connectivity index (χ1) is 9.58. The van der Waals surface area contributed by atoms with E-state index < -0.39 is 0 Å². The molecule has 0 atom stereocenters. The van der Waals surface area contributed by atoms with Crippen molar-refractivity contribution in [3.05, 3.63) is 57.0 Å². The Morgan fingerprint density at radius 2 is 1.65 bits per heavy atom. The van der Waals surface area contributed by atoms with Gasteiger partial charge in [-0.15, -0.1) is 0 Å². The lowest BCUT2D eigenvalue weighted by Gasteiger charge is -2.11. The van der Waals surface area contributed by atoms with Crippen molar-refractivity contribution in [2.45, 2.75) is 0 Å². The maximum atomic E-state index is 12.5. The van der Waals surface area contributed by atoms with Gasteiger partial charge in [0.05, 0.1) is 19.2 Å². The predicted molar refractivity (Wildman–Crippen MR) is 82.1 cm³/mol. The molecule has 0 heterocycles. The third kappa shape index (κ3) is 2.81. The molecule has 0 N–H and O–H groups in total. The van der Waals surface area contributed by atoms with E-state index in [4.69, 9.17) is 21.1 Å². The average molecular weight is 356 g/mol. The van der Waals surface area contributed by atoms with Gasteiger partial charge < -0.3 is 9.47 Å². The Morgan fingerprint density at radius 3 is 2.25 bits per heavy atom. The standard InChI is InChI=1S/C15H12BrClO3/c1-19-13-7-10(12(17)8-14(13)20-2)15(18)9-5-3-4-6-11(9)16/h3-8H,1-2H3. The molecule has 0 aliphatic heterocycles. The van der Waals surface area contributed by atoms with Gasteiger partial charge in [0, 0.05) is 21.7 Å². The minimum absolute atomic E-state index is 0.177. The summed E-state index contributed by atoms with van der Waals surface area (Å²) in [5.74, 6) is 0.775. The van der Waals surface area contributed by atoms with Crippen LogP contribution in [0.25, 0.3) is 0 Å². The highest BCUT2D eigenvalue weighted by Crippen LogP contribution is 2.34. The number of ketones is 1. The van der Waals surface area contributed by atoms with Crippen LogP contribution >= 0.6 is 27.5 Å². The topological polar surface area (TPSA) is 35.5 Å². The van der Waals surface area contributed by atoms with Crippen molar-refractivity contribution in [3.63, 3.8) is 0 Å². The van der Waals surface area contributed by atoms with Crippen LogP contribution in [0.5, 0.6) is 11.5 Å². The molecule has 0 saturated heterocycles. The number of hydrogen-bond acceptors (Lipinski definition) is 3. The van der Waals surface area contributed by atoms with Gasteiger partial charge in [0.1, 0.15) is 0 Å². The summed E-state index contributed by atoms with van der Waals surface area (Å²) >= 11 is 9.53. The Bertz CT molecular complexity index is 656. The van der Waals surface area contributed by atoms with Gasteiger partial charge >= 0.3 is 0 Å². The van der Waals surface area contributed by atoms with E-state index in [0.717, 1.165) is 4.47 Å². The monoisotopic (exact) mass is 354 g/mol. The largest absolute Gasteiger partial charge is 0.493 e. The zero-order valence-corrected chi connectivity index (χ0v) is 13.3. The van der Waals surface area contributed by atoms with E-state index in [1.54, 1.807) is 24.3 Å². The number of methoxy groups -OCH3 is 2. The van der Waals surface area contributed by atoms with Gasteiger partial charge in [0.15, 0.2) is 17.3 Å². The molecule has 0 saturated carbocycles. The lowest BCUT2D eigenvalue weighted by molar-refractivity contribution is 0.103. The molecule has 104 valence electrons. The highest BCUT2D eigenvalue weighted by molar-refractivity contribution is 9.10. The van der Waals surface area contributed by atoms with Crippen molar-refractivity contribution in [2.75, 3.05) is 14.2 Å². The van der Waals surface area contributed by atoms with Gasteiger partial charge in [0.25, 0.3) is 0 Å². The molecular formula is C15H12BrClO3. The number of halogens is 2. The van der Waals surface area contributed by atoms with E-state index in [-0.39, 0.29) is 5.78 Å². The Hall–Kier alpha value is -1.52. The van der Waals surface area contributed by atoms with Crippen LogP contribution in [0.15, 0.2) is 40.9 Å². The summed E-state index contributed by atoms with van der Waals surface area (Å²) in [5, 5.41) is 0.323. The average Bonchev–Trinajstić information content (AvgIpc) is 2.46. The number of rotatable bonds is 4. The van der Waals surface area contributed by atoms with Crippen molar-refractivity contribution >= 4 is 33.3 Å². The molecule has 0 amide bonds. The Balaban J connectivity index is 2.53. The zero-order valence-electron chi connectivity index (χ0n) is 10.9. The summed E-state index contributed by atoms with van der Waals surface area (Å²) in [6, 6.07) is 10.3. The minimum Gasteiger partial charge on any atom is -0.493 e. The zero-order chi connectivity index (χ0) is 14.7. The van der Waals surface area contributed by atoms with Crippen LogP contribution < -0.4 is 9.47 Å². The van der Waals surface area contributed by atoms with Gasteiger partial charge in [-0.25, -0.2) is 0 Å². The van der Waals surface area contributed by atoms with Crippen LogP contribution in [0.3, 0.4) is 0 Å². The van der Waals surface area contributed by atoms with E-state index >= 15 is 0 Å². The van der Waals surface area contributed by atoms with E-state index in [1.807, 2.05) is 12.1 Å². The minimum atomic E-state index is -0.177. The maximum absolute atomic E-state index is 12.5. The summed E-state index contributed by atoms with van der Waals surface area (Å²) in [6.07, 6.45) is 0. The molecule has 3 nitrogen and oxygen atoms in total. The van der Waals surface area contributed by atoms with Crippen LogP contribution in [0, 0.1) is 0 Å². The maximum Gasteiger partial charge on any atom is 0.195 e. The molecule has 0 bridgehead atoms. The quantitative estimate of drug-likeness (QED) is 0.765. The molecular weight excluding hydrogens is 344 g/mol. The number of benzene rings is 2. The molecule has 2 rings (SSSR count). The van der Waals surface area contributed by atoms with E-state index in [1.165, 1.54) is 14.2 Å². The second kappa shape index (κ2) is 6.29. The molecule has 0 aromatic heterocycles. The summed E-state index contributed by atoms with van der Waals surface area (Å²) in [6.45, 7) is 0. The van der Waals surface area contributed by atoms with E-state index in [2.05, 4.69) is 15.9 Å². The van der Waals surface area contributed by atoms with E-state index in [0.29, 0.717) is 27.6 Å². The second-order valence-corrected chi connectivity index (χ2v) is 5.26. The molecule has 2 aromatic rings. The summed E-state index contributed by atoms with van der Waals surface area (Å²) in [4.78, 5) is 12.5. The highest BCUT2D eigenvalue weighted by atomic mass is 79.9. The van der Waals surface area contributed by atoms with Crippen LogP contribution in [0.2, 0.25) is 5.02 Å². The third-order valence-electron chi connectivity index (χ3n) is 2.84. The number of carbonyl (C=O) groups is 1. The smallest absolute Gasteiger partial charge is 0.195 e. The summed E-state index contributed by atoms with van der Waals surface area (Å²) in [7, 11) is 3.03. The Morgan fingerprint density at radius 1 is 1.05 bits per heavy atom. The first-order valence-corrected chi connectivity index (χ1v) is 6.96. The fourth-order valence-corrected chi connectivity index (χ4v) is 2.52. The van der Waals surface area contributed by atoms with Crippen LogP contribution in [-0.4, -0.2) is 20.0 Å². The van der Waals surface area contributed by atoms with Gasteiger partial charge in [-0.3, -0.25) is 4.79 Å². The molecule has 0 unspecified atom stereocenters. The normalized spacial score (nSPS) is 10.2. The van der Waals surface area contributed by atoms with Crippen molar-refractivity contribution < 1.29 is 14.3 Å². The fraction of sp³-hybridized carbons (Fsp3) is 0.133. The highest BCUT2D eigenvalue weighted by Gasteiger charge is 2.18. The molecule has 20 heavy (non-hydrogen) atoms. The van der Waals surface area contributed by atoms with E-state index in [9.17, 15) is 4.79 Å². The third-order valence-corrected chi connectivity index (χ3v) is 3.84. The molecule has 0 aliphatic carbocycles. The summed E-state index contributed by atoms with van der Waals surface area (Å²) < 4.78 is 11.1. The molecule has 0 radical (unpaired) electrons. The Labute approximate surface area is 130 Å². The van der Waals surface area contributed by atoms with Crippen molar-refractivity contribution in [3.8, 4) is 11.5 Å². The predicted octanol–water partition coefficient (Wildman–Crippen LogP) is 4.35. The Kier molecular flexibility index (Phi) is 4.68. The van der Waals surface area contributed by atoms with Crippen molar-refractivity contribution in [2.24, 2.45) is 0 Å². The first-order valence-electron chi connectivity index (χ1n) is 5.79. The SMILES string of the molecule is COc1cc(Cl)c(C(=O)c2ccccc2Br)cc1OC.